The Balaban J connectivity index is 1.64. The van der Waals surface area contributed by atoms with Gasteiger partial charge in [0.2, 0.25) is 5.91 Å². The van der Waals surface area contributed by atoms with E-state index in [1.54, 1.807) is 18.0 Å². The van der Waals surface area contributed by atoms with E-state index in [9.17, 15) is 4.79 Å². The van der Waals surface area contributed by atoms with Gasteiger partial charge < -0.3 is 14.8 Å². The lowest BCUT2D eigenvalue weighted by Crippen LogP contribution is -2.25. The van der Waals surface area contributed by atoms with E-state index in [0.29, 0.717) is 29.6 Å². The van der Waals surface area contributed by atoms with Gasteiger partial charge in [-0.2, -0.15) is 14.9 Å². The number of para-hydroxylation sites is 1. The fourth-order valence-electron chi connectivity index (χ4n) is 4.36. The van der Waals surface area contributed by atoms with E-state index in [1.165, 1.54) is 0 Å². The number of carbonyl (C=O) groups excluding carboxylic acids is 1. The Kier molecular flexibility index (Phi) is 5.67. The molecule has 4 aromatic rings. The SMILES string of the molecule is CCOc1c(OC)cccc1[C@@H]1CC(=O)Nc2c1c(C)nn2-c1nncc(-c2ccccc2)n1. The summed E-state index contributed by atoms with van der Waals surface area (Å²) in [7, 11) is 1.61. The summed E-state index contributed by atoms with van der Waals surface area (Å²) in [5, 5.41) is 16.0. The molecule has 1 N–H and O–H groups in total. The summed E-state index contributed by atoms with van der Waals surface area (Å²) in [5.41, 5.74) is 4.10. The first-order valence-electron chi connectivity index (χ1n) is 11.0. The minimum Gasteiger partial charge on any atom is -0.493 e. The first-order valence-corrected chi connectivity index (χ1v) is 11.0. The van der Waals surface area contributed by atoms with Crippen molar-refractivity contribution in [3.63, 3.8) is 0 Å². The van der Waals surface area contributed by atoms with Crippen LogP contribution < -0.4 is 14.8 Å². The van der Waals surface area contributed by atoms with E-state index in [1.807, 2.05) is 62.4 Å². The van der Waals surface area contributed by atoms with Crippen molar-refractivity contribution in [3.05, 3.63) is 71.5 Å². The number of hydrogen-bond acceptors (Lipinski definition) is 7. The monoisotopic (exact) mass is 456 g/mol. The van der Waals surface area contributed by atoms with Crippen molar-refractivity contribution in [2.45, 2.75) is 26.2 Å². The predicted octanol–water partition coefficient (Wildman–Crippen LogP) is 3.91. The maximum Gasteiger partial charge on any atom is 0.272 e. The number of aryl methyl sites for hydroxylation is 1. The van der Waals surface area contributed by atoms with Gasteiger partial charge >= 0.3 is 0 Å². The summed E-state index contributed by atoms with van der Waals surface area (Å²) in [4.78, 5) is 17.5. The molecule has 1 atom stereocenters. The Morgan fingerprint density at radius 2 is 1.97 bits per heavy atom. The smallest absolute Gasteiger partial charge is 0.272 e. The van der Waals surface area contributed by atoms with Gasteiger partial charge in [0.05, 0.1) is 31.3 Å². The first-order chi connectivity index (χ1) is 16.6. The molecule has 5 rings (SSSR count). The molecule has 0 saturated heterocycles. The molecular formula is C25H24N6O3. The lowest BCUT2D eigenvalue weighted by Gasteiger charge is -2.26. The molecule has 2 aromatic carbocycles. The van der Waals surface area contributed by atoms with E-state index in [-0.39, 0.29) is 24.2 Å². The number of amides is 1. The second-order valence-electron chi connectivity index (χ2n) is 7.88. The molecule has 1 amide bonds. The predicted molar refractivity (Wildman–Crippen MR) is 126 cm³/mol. The molecule has 9 heteroatoms. The van der Waals surface area contributed by atoms with E-state index in [4.69, 9.17) is 14.6 Å². The molecule has 34 heavy (non-hydrogen) atoms. The van der Waals surface area contributed by atoms with Gasteiger partial charge in [-0.05, 0) is 19.9 Å². The maximum atomic E-state index is 12.8. The summed E-state index contributed by atoms with van der Waals surface area (Å²) >= 11 is 0. The van der Waals surface area contributed by atoms with Gasteiger partial charge in [0.25, 0.3) is 5.95 Å². The molecule has 0 unspecified atom stereocenters. The van der Waals surface area contributed by atoms with Gasteiger partial charge in [0.1, 0.15) is 5.82 Å². The number of benzene rings is 2. The third kappa shape index (κ3) is 3.75. The summed E-state index contributed by atoms with van der Waals surface area (Å²) in [6.45, 7) is 4.31. The Hall–Kier alpha value is -4.27. The fourth-order valence-corrected chi connectivity index (χ4v) is 4.36. The standard InChI is InChI=1S/C25H24N6O3/c1-4-34-23-17(11-8-12-20(23)33-3)18-13-21(32)28-24-22(18)15(2)30-31(24)25-27-19(14-26-29-25)16-9-6-5-7-10-16/h5-12,14,18H,4,13H2,1-3H3,(H,28,32)/t18-/m0/s1. The minimum atomic E-state index is -0.264. The third-order valence-electron chi connectivity index (χ3n) is 5.80. The van der Waals surface area contributed by atoms with Crippen LogP contribution in [0.15, 0.2) is 54.7 Å². The Bertz CT molecular complexity index is 1350. The molecule has 2 aromatic heterocycles. The second-order valence-corrected chi connectivity index (χ2v) is 7.88. The van der Waals surface area contributed by atoms with Gasteiger partial charge in [-0.15, -0.1) is 5.10 Å². The molecule has 9 nitrogen and oxygen atoms in total. The van der Waals surface area contributed by atoms with Crippen LogP contribution in [0.1, 0.15) is 36.1 Å². The number of carbonyl (C=O) groups is 1. The lowest BCUT2D eigenvalue weighted by atomic mass is 9.85. The second kappa shape index (κ2) is 8.93. The van der Waals surface area contributed by atoms with E-state index >= 15 is 0 Å². The van der Waals surface area contributed by atoms with Gasteiger partial charge in [-0.25, -0.2) is 4.98 Å². The molecule has 0 aliphatic carbocycles. The number of rotatable bonds is 6. The number of anilines is 1. The van der Waals surface area contributed by atoms with Crippen LogP contribution in [0.2, 0.25) is 0 Å². The average Bonchev–Trinajstić information content (AvgIpc) is 3.20. The highest BCUT2D eigenvalue weighted by atomic mass is 16.5. The van der Waals surface area contributed by atoms with Crippen LogP contribution in [0.25, 0.3) is 17.2 Å². The largest absolute Gasteiger partial charge is 0.493 e. The average molecular weight is 457 g/mol. The normalized spacial score (nSPS) is 14.9. The minimum absolute atomic E-state index is 0.129. The summed E-state index contributed by atoms with van der Waals surface area (Å²) in [6, 6.07) is 15.4. The maximum absolute atomic E-state index is 12.8. The van der Waals surface area contributed by atoms with Crippen molar-refractivity contribution in [3.8, 4) is 28.7 Å². The summed E-state index contributed by atoms with van der Waals surface area (Å²) in [5.74, 6) is 1.68. The van der Waals surface area contributed by atoms with Crippen molar-refractivity contribution in [2.75, 3.05) is 19.0 Å². The molecule has 1 aliphatic heterocycles. The first kappa shape index (κ1) is 21.6. The molecule has 0 fully saturated rings. The molecule has 0 spiro atoms. The number of nitrogens with zero attached hydrogens (tertiary/aromatic N) is 5. The Morgan fingerprint density at radius 1 is 1.15 bits per heavy atom. The topological polar surface area (TPSA) is 104 Å². The van der Waals surface area contributed by atoms with Crippen molar-refractivity contribution in [1.29, 1.82) is 0 Å². The van der Waals surface area contributed by atoms with Gasteiger partial charge in [-0.3, -0.25) is 4.79 Å². The van der Waals surface area contributed by atoms with E-state index in [0.717, 1.165) is 22.4 Å². The Labute approximate surface area is 196 Å². The number of aromatic nitrogens is 5. The zero-order valence-corrected chi connectivity index (χ0v) is 19.1. The van der Waals surface area contributed by atoms with Crippen LogP contribution in [0.4, 0.5) is 5.82 Å². The van der Waals surface area contributed by atoms with Gasteiger partial charge in [-0.1, -0.05) is 42.5 Å². The van der Waals surface area contributed by atoms with Crippen LogP contribution in [0.3, 0.4) is 0 Å². The number of ether oxygens (including phenoxy) is 2. The van der Waals surface area contributed by atoms with Crippen molar-refractivity contribution in [2.24, 2.45) is 0 Å². The molecular weight excluding hydrogens is 432 g/mol. The van der Waals surface area contributed by atoms with E-state index < -0.39 is 0 Å². The number of hydrogen-bond donors (Lipinski definition) is 1. The fraction of sp³-hybridized carbons (Fsp3) is 0.240. The highest BCUT2D eigenvalue weighted by Crippen LogP contribution is 2.45. The Morgan fingerprint density at radius 3 is 2.74 bits per heavy atom. The summed E-state index contributed by atoms with van der Waals surface area (Å²) in [6.07, 6.45) is 1.86. The molecule has 0 bridgehead atoms. The number of fused-ring (bicyclic) bond motifs is 1. The molecule has 3 heterocycles. The van der Waals surface area contributed by atoms with E-state index in [2.05, 4.69) is 20.5 Å². The van der Waals surface area contributed by atoms with Crippen molar-refractivity contribution < 1.29 is 14.3 Å². The van der Waals surface area contributed by atoms with Crippen LogP contribution >= 0.6 is 0 Å². The van der Waals surface area contributed by atoms with Crippen LogP contribution in [0, 0.1) is 6.92 Å². The molecule has 0 radical (unpaired) electrons. The van der Waals surface area contributed by atoms with Gasteiger partial charge in [0.15, 0.2) is 11.5 Å². The zero-order chi connectivity index (χ0) is 23.7. The van der Waals surface area contributed by atoms with Crippen LogP contribution in [-0.2, 0) is 4.79 Å². The lowest BCUT2D eigenvalue weighted by molar-refractivity contribution is -0.116. The van der Waals surface area contributed by atoms with Crippen molar-refractivity contribution in [1.82, 2.24) is 25.0 Å². The third-order valence-corrected chi connectivity index (χ3v) is 5.80. The molecule has 172 valence electrons. The van der Waals surface area contributed by atoms with Crippen LogP contribution in [0.5, 0.6) is 11.5 Å². The van der Waals surface area contributed by atoms with Crippen molar-refractivity contribution >= 4 is 11.7 Å². The highest BCUT2D eigenvalue weighted by molar-refractivity contribution is 5.95. The number of nitrogens with one attached hydrogen (secondary N) is 1. The molecule has 0 saturated carbocycles. The quantitative estimate of drug-likeness (QED) is 0.469. The van der Waals surface area contributed by atoms with Crippen LogP contribution in [-0.4, -0.2) is 44.6 Å². The van der Waals surface area contributed by atoms with Gasteiger partial charge in [0, 0.05) is 29.0 Å². The molecule has 1 aliphatic rings. The number of methoxy groups -OCH3 is 1. The summed E-state index contributed by atoms with van der Waals surface area (Å²) < 4.78 is 13.0. The zero-order valence-electron chi connectivity index (χ0n) is 19.1. The highest BCUT2D eigenvalue weighted by Gasteiger charge is 2.35.